The first-order chi connectivity index (χ1) is 8.22. The number of benzene rings is 1. The lowest BCUT2D eigenvalue weighted by molar-refractivity contribution is 0.281. The van der Waals surface area contributed by atoms with Crippen LogP contribution in [0, 0.1) is 12.8 Å². The van der Waals surface area contributed by atoms with Crippen LogP contribution in [0.5, 0.6) is 0 Å². The van der Waals surface area contributed by atoms with Gasteiger partial charge < -0.3 is 5.32 Å². The number of hydrogen-bond acceptors (Lipinski definition) is 1. The molecule has 0 spiro atoms. The van der Waals surface area contributed by atoms with Crippen LogP contribution in [0.4, 0.5) is 0 Å². The zero-order valence-corrected chi connectivity index (χ0v) is 12.4. The maximum absolute atomic E-state index is 3.58. The summed E-state index contributed by atoms with van der Waals surface area (Å²) in [5, 5.41) is 3.52. The molecule has 17 heavy (non-hydrogen) atoms. The van der Waals surface area contributed by atoms with Gasteiger partial charge in [0.25, 0.3) is 0 Å². The van der Waals surface area contributed by atoms with Gasteiger partial charge in [-0.1, -0.05) is 47.3 Å². The molecule has 2 heteroatoms. The van der Waals surface area contributed by atoms with Crippen molar-refractivity contribution in [2.45, 2.75) is 45.1 Å². The van der Waals surface area contributed by atoms with Crippen LogP contribution in [0.15, 0.2) is 22.7 Å². The Bertz CT molecular complexity index is 369. The minimum Gasteiger partial charge on any atom is -0.313 e. The second-order valence-corrected chi connectivity index (χ2v) is 6.03. The minimum absolute atomic E-state index is 0.530. The zero-order chi connectivity index (χ0) is 12.3. The normalized spacial score (nSPS) is 19.2. The molecule has 0 radical (unpaired) electrons. The van der Waals surface area contributed by atoms with E-state index in [1.807, 2.05) is 0 Å². The Hall–Kier alpha value is -0.340. The number of nitrogens with one attached hydrogen (secondary N) is 1. The van der Waals surface area contributed by atoms with Crippen molar-refractivity contribution in [3.05, 3.63) is 33.8 Å². The number of rotatable bonds is 3. The predicted molar refractivity (Wildman–Crippen MR) is 77.3 cm³/mol. The summed E-state index contributed by atoms with van der Waals surface area (Å²) >= 11 is 3.58. The van der Waals surface area contributed by atoms with Crippen LogP contribution in [0.1, 0.15) is 49.3 Å². The molecule has 1 fully saturated rings. The van der Waals surface area contributed by atoms with Gasteiger partial charge in [-0.2, -0.15) is 0 Å². The molecule has 1 aromatic carbocycles. The van der Waals surface area contributed by atoms with Crippen molar-refractivity contribution in [1.29, 1.82) is 0 Å². The minimum atomic E-state index is 0.530. The fourth-order valence-electron chi connectivity index (χ4n) is 3.00. The first kappa shape index (κ1) is 13.1. The summed E-state index contributed by atoms with van der Waals surface area (Å²) in [7, 11) is 2.09. The maximum Gasteiger partial charge on any atom is 0.0346 e. The van der Waals surface area contributed by atoms with Crippen LogP contribution in [-0.2, 0) is 0 Å². The van der Waals surface area contributed by atoms with Crippen molar-refractivity contribution < 1.29 is 0 Å². The van der Waals surface area contributed by atoms with E-state index in [0.717, 1.165) is 5.92 Å². The molecule has 0 saturated heterocycles. The first-order valence-electron chi connectivity index (χ1n) is 6.65. The molecule has 1 unspecified atom stereocenters. The molecular formula is C15H22BrN. The van der Waals surface area contributed by atoms with Gasteiger partial charge in [0, 0.05) is 10.5 Å². The van der Waals surface area contributed by atoms with Crippen LogP contribution in [0.25, 0.3) is 0 Å². The van der Waals surface area contributed by atoms with Gasteiger partial charge in [-0.3, -0.25) is 0 Å². The van der Waals surface area contributed by atoms with Gasteiger partial charge in [-0.15, -0.1) is 0 Å². The van der Waals surface area contributed by atoms with Crippen molar-refractivity contribution in [3.8, 4) is 0 Å². The molecule has 0 heterocycles. The van der Waals surface area contributed by atoms with Crippen molar-refractivity contribution in [1.82, 2.24) is 5.32 Å². The molecule has 0 amide bonds. The van der Waals surface area contributed by atoms with E-state index >= 15 is 0 Å². The average Bonchev–Trinajstić information content (AvgIpc) is 2.36. The molecule has 0 aliphatic heterocycles. The second-order valence-electron chi connectivity index (χ2n) is 5.17. The molecule has 94 valence electrons. The lowest BCUT2D eigenvalue weighted by atomic mass is 9.81. The van der Waals surface area contributed by atoms with Gasteiger partial charge in [0.2, 0.25) is 0 Å². The van der Waals surface area contributed by atoms with E-state index < -0.39 is 0 Å². The van der Waals surface area contributed by atoms with E-state index in [9.17, 15) is 0 Å². The fourth-order valence-corrected chi connectivity index (χ4v) is 3.25. The summed E-state index contributed by atoms with van der Waals surface area (Å²) in [4.78, 5) is 0. The highest BCUT2D eigenvalue weighted by molar-refractivity contribution is 9.10. The highest BCUT2D eigenvalue weighted by Crippen LogP contribution is 2.35. The summed E-state index contributed by atoms with van der Waals surface area (Å²) in [5.74, 6) is 0.814. The molecule has 0 bridgehead atoms. The van der Waals surface area contributed by atoms with Gasteiger partial charge in [0.15, 0.2) is 0 Å². The lowest BCUT2D eigenvalue weighted by Gasteiger charge is -2.30. The number of halogens is 1. The van der Waals surface area contributed by atoms with E-state index in [1.54, 1.807) is 0 Å². The third kappa shape index (κ3) is 3.11. The molecule has 1 nitrogen and oxygen atoms in total. The molecule has 1 N–H and O–H groups in total. The summed E-state index contributed by atoms with van der Waals surface area (Å²) < 4.78 is 1.21. The van der Waals surface area contributed by atoms with E-state index in [-0.39, 0.29) is 0 Å². The number of aryl methyl sites for hydroxylation is 1. The van der Waals surface area contributed by atoms with Crippen LogP contribution < -0.4 is 5.32 Å². The molecule has 2 rings (SSSR count). The Morgan fingerprint density at radius 2 is 1.94 bits per heavy atom. The van der Waals surface area contributed by atoms with Crippen LogP contribution in [-0.4, -0.2) is 7.05 Å². The van der Waals surface area contributed by atoms with Gasteiger partial charge >= 0.3 is 0 Å². The van der Waals surface area contributed by atoms with Gasteiger partial charge in [0.1, 0.15) is 0 Å². The van der Waals surface area contributed by atoms with Crippen LogP contribution >= 0.6 is 15.9 Å². The molecular weight excluding hydrogens is 274 g/mol. The van der Waals surface area contributed by atoms with Crippen LogP contribution in [0.3, 0.4) is 0 Å². The highest BCUT2D eigenvalue weighted by atomic mass is 79.9. The summed E-state index contributed by atoms with van der Waals surface area (Å²) in [6.45, 7) is 2.17. The Morgan fingerprint density at radius 1 is 1.24 bits per heavy atom. The summed E-state index contributed by atoms with van der Waals surface area (Å²) in [6.07, 6.45) is 6.98. The standard InChI is InChI=1S/C15H22BrN/c1-11-10-13(8-9-14(11)16)15(17-2)12-6-4-3-5-7-12/h8-10,12,15,17H,3-7H2,1-2H3. The molecule has 1 saturated carbocycles. The monoisotopic (exact) mass is 295 g/mol. The third-order valence-electron chi connectivity index (χ3n) is 3.97. The van der Waals surface area contributed by atoms with E-state index in [2.05, 4.69) is 53.4 Å². The summed E-state index contributed by atoms with van der Waals surface area (Å²) in [5.41, 5.74) is 2.78. The van der Waals surface area contributed by atoms with Crippen LogP contribution in [0.2, 0.25) is 0 Å². The van der Waals surface area contributed by atoms with Gasteiger partial charge in [-0.25, -0.2) is 0 Å². The first-order valence-corrected chi connectivity index (χ1v) is 7.45. The Morgan fingerprint density at radius 3 is 2.53 bits per heavy atom. The van der Waals surface area contributed by atoms with Gasteiger partial charge in [0.05, 0.1) is 0 Å². The van der Waals surface area contributed by atoms with Crippen molar-refractivity contribution >= 4 is 15.9 Å². The zero-order valence-electron chi connectivity index (χ0n) is 10.8. The molecule has 0 aromatic heterocycles. The second kappa shape index (κ2) is 6.01. The fraction of sp³-hybridized carbons (Fsp3) is 0.600. The third-order valence-corrected chi connectivity index (χ3v) is 4.86. The Kier molecular flexibility index (Phi) is 4.63. The largest absolute Gasteiger partial charge is 0.313 e. The lowest BCUT2D eigenvalue weighted by Crippen LogP contribution is -2.27. The molecule has 1 atom stereocenters. The average molecular weight is 296 g/mol. The van der Waals surface area contributed by atoms with Crippen molar-refractivity contribution in [2.75, 3.05) is 7.05 Å². The van der Waals surface area contributed by atoms with Crippen molar-refractivity contribution in [2.24, 2.45) is 5.92 Å². The smallest absolute Gasteiger partial charge is 0.0346 e. The molecule has 1 aliphatic rings. The van der Waals surface area contributed by atoms with E-state index in [4.69, 9.17) is 0 Å². The quantitative estimate of drug-likeness (QED) is 0.859. The topological polar surface area (TPSA) is 12.0 Å². The Labute approximate surface area is 113 Å². The van der Waals surface area contributed by atoms with E-state index in [0.29, 0.717) is 6.04 Å². The van der Waals surface area contributed by atoms with Crippen molar-refractivity contribution in [3.63, 3.8) is 0 Å². The maximum atomic E-state index is 3.58. The van der Waals surface area contributed by atoms with Gasteiger partial charge in [-0.05, 0) is 49.9 Å². The highest BCUT2D eigenvalue weighted by Gasteiger charge is 2.23. The molecule has 1 aliphatic carbocycles. The SMILES string of the molecule is CNC(c1ccc(Br)c(C)c1)C1CCCCC1. The molecule has 1 aromatic rings. The predicted octanol–water partition coefficient (Wildman–Crippen LogP) is 4.60. The Balaban J connectivity index is 2.18. The number of hydrogen-bond donors (Lipinski definition) is 1. The summed E-state index contributed by atoms with van der Waals surface area (Å²) in [6, 6.07) is 7.28. The van der Waals surface area contributed by atoms with E-state index in [1.165, 1.54) is 47.7 Å².